The summed E-state index contributed by atoms with van der Waals surface area (Å²) in [6, 6.07) is 15.2. The van der Waals surface area contributed by atoms with E-state index in [-0.39, 0.29) is 42.1 Å². The summed E-state index contributed by atoms with van der Waals surface area (Å²) in [5.41, 5.74) is 4.40. The summed E-state index contributed by atoms with van der Waals surface area (Å²) in [7, 11) is 1.31. The summed E-state index contributed by atoms with van der Waals surface area (Å²) < 4.78 is 16.2. The summed E-state index contributed by atoms with van der Waals surface area (Å²) in [5, 5.41) is 3.67. The molecule has 0 spiro atoms. The van der Waals surface area contributed by atoms with E-state index in [1.807, 2.05) is 79.1 Å². The molecule has 2 saturated carbocycles. The molecule has 15 heteroatoms. The maximum atomic E-state index is 14.2. The van der Waals surface area contributed by atoms with Gasteiger partial charge >= 0.3 is 12.2 Å². The lowest BCUT2D eigenvalue weighted by molar-refractivity contribution is -0.138. The quantitative estimate of drug-likeness (QED) is 0.160. The van der Waals surface area contributed by atoms with Gasteiger partial charge in [-0.05, 0) is 88.2 Å². The number of aromatic amines is 2. The van der Waals surface area contributed by atoms with E-state index in [1.54, 1.807) is 0 Å². The van der Waals surface area contributed by atoms with Crippen LogP contribution in [0.4, 0.5) is 9.59 Å². The number of aromatic nitrogens is 4. The van der Waals surface area contributed by atoms with Crippen LogP contribution >= 0.6 is 23.2 Å². The van der Waals surface area contributed by atoms with Gasteiger partial charge in [0.1, 0.15) is 45.0 Å². The van der Waals surface area contributed by atoms with Crippen LogP contribution in [0.1, 0.15) is 83.0 Å². The zero-order valence-electron chi connectivity index (χ0n) is 32.4. The number of carbonyl (C=O) groups is 3. The molecule has 0 bridgehead atoms. The van der Waals surface area contributed by atoms with Crippen molar-refractivity contribution in [3.8, 4) is 33.6 Å². The topological polar surface area (TPSA) is 155 Å². The molecule has 5 heterocycles. The Hall–Kier alpha value is -4.59. The fourth-order valence-corrected chi connectivity index (χ4v) is 9.65. The van der Waals surface area contributed by atoms with E-state index in [0.29, 0.717) is 71.2 Å². The van der Waals surface area contributed by atoms with E-state index >= 15 is 0 Å². The van der Waals surface area contributed by atoms with Gasteiger partial charge in [0.05, 0.1) is 19.2 Å². The number of carbonyl (C=O) groups excluding carboxylic acids is 3. The number of nitrogens with zero attached hydrogens (tertiary/aromatic N) is 4. The molecule has 5 aliphatic rings. The minimum absolute atomic E-state index is 0.0454. The first kappa shape index (κ1) is 38.0. The lowest BCUT2D eigenvalue weighted by Crippen LogP contribution is -2.54. The third-order valence-corrected chi connectivity index (χ3v) is 12.7. The maximum Gasteiger partial charge on any atom is 0.411 e. The zero-order chi connectivity index (χ0) is 39.7. The van der Waals surface area contributed by atoms with Crippen molar-refractivity contribution in [1.29, 1.82) is 0 Å². The van der Waals surface area contributed by atoms with Crippen LogP contribution in [0, 0.1) is 17.8 Å². The number of nitrogens with one attached hydrogen (secondary N) is 3. The Labute approximate surface area is 341 Å². The molecule has 9 rings (SSSR count). The zero-order valence-corrected chi connectivity index (χ0v) is 33.9. The normalized spacial score (nSPS) is 25.8. The van der Waals surface area contributed by atoms with Crippen molar-refractivity contribution in [2.45, 2.75) is 95.1 Å². The van der Waals surface area contributed by atoms with Crippen LogP contribution < -0.4 is 5.32 Å². The highest BCUT2D eigenvalue weighted by Gasteiger charge is 2.57. The first-order valence-corrected chi connectivity index (χ1v) is 20.6. The summed E-state index contributed by atoms with van der Waals surface area (Å²) >= 11 is 13.5. The molecule has 2 aliphatic carbocycles. The fraction of sp³-hybridized carbons (Fsp3) is 0.500. The first-order valence-electron chi connectivity index (χ1n) is 19.8. The number of imidazole rings is 2. The Morgan fingerprint density at radius 3 is 1.74 bits per heavy atom. The highest BCUT2D eigenvalue weighted by atomic mass is 35.5. The van der Waals surface area contributed by atoms with Crippen molar-refractivity contribution < 1.29 is 28.6 Å². The van der Waals surface area contributed by atoms with E-state index in [1.165, 1.54) is 7.11 Å². The van der Waals surface area contributed by atoms with Crippen molar-refractivity contribution in [1.82, 2.24) is 35.1 Å². The van der Waals surface area contributed by atoms with Crippen LogP contribution in [0.15, 0.2) is 48.5 Å². The molecule has 4 aromatic rings. The van der Waals surface area contributed by atoms with E-state index in [4.69, 9.17) is 47.4 Å². The number of H-pyrrole nitrogens is 2. The second-order valence-electron chi connectivity index (χ2n) is 17.0. The van der Waals surface area contributed by atoms with Crippen molar-refractivity contribution in [3.63, 3.8) is 0 Å². The second-order valence-corrected chi connectivity index (χ2v) is 17.8. The lowest BCUT2D eigenvalue weighted by atomic mass is 9.90. The van der Waals surface area contributed by atoms with Gasteiger partial charge in [-0.25, -0.2) is 19.6 Å². The molecule has 3 saturated heterocycles. The van der Waals surface area contributed by atoms with Gasteiger partial charge < -0.3 is 34.4 Å². The number of alkyl carbamates (subject to hydrolysis) is 1. The predicted molar refractivity (Wildman–Crippen MR) is 213 cm³/mol. The fourth-order valence-electron chi connectivity index (χ4n) is 9.15. The molecule has 13 nitrogen and oxygen atoms in total. The minimum atomic E-state index is -0.706. The minimum Gasteiger partial charge on any atom is -0.453 e. The number of benzene rings is 2. The molecular weight excluding hydrogens is 769 g/mol. The number of amides is 3. The smallest absolute Gasteiger partial charge is 0.411 e. The van der Waals surface area contributed by atoms with Crippen LogP contribution in [0.2, 0.25) is 10.3 Å². The number of methoxy groups -OCH3 is 1. The third kappa shape index (κ3) is 7.38. The maximum absolute atomic E-state index is 14.2. The number of likely N-dealkylation sites (tertiary alicyclic amines) is 2. The second kappa shape index (κ2) is 14.7. The monoisotopic (exact) mass is 815 g/mol. The van der Waals surface area contributed by atoms with Gasteiger partial charge in [-0.3, -0.25) is 9.69 Å². The molecule has 0 radical (unpaired) electrons. The van der Waals surface area contributed by atoms with E-state index in [9.17, 15) is 14.4 Å². The number of halogens is 2. The van der Waals surface area contributed by atoms with Gasteiger partial charge in [-0.1, -0.05) is 71.7 Å². The molecular formula is C42H47Cl2N7O6. The molecule has 7 atom stereocenters. The summed E-state index contributed by atoms with van der Waals surface area (Å²) in [6.45, 7) is 6.73. The van der Waals surface area contributed by atoms with Crippen molar-refractivity contribution >= 4 is 41.3 Å². The van der Waals surface area contributed by atoms with Gasteiger partial charge in [0.2, 0.25) is 5.91 Å². The number of fused-ring (bicyclic) bond motifs is 2. The average molecular weight is 817 g/mol. The predicted octanol–water partition coefficient (Wildman–Crippen LogP) is 8.32. The average Bonchev–Trinajstić information content (AvgIpc) is 3.90. The van der Waals surface area contributed by atoms with E-state index < -0.39 is 17.7 Å². The number of hydrogen-bond acceptors (Lipinski definition) is 8. The highest BCUT2D eigenvalue weighted by molar-refractivity contribution is 6.32. The molecule has 300 valence electrons. The molecule has 3 N–H and O–H groups in total. The van der Waals surface area contributed by atoms with Crippen LogP contribution in [-0.4, -0.2) is 91.9 Å². The molecule has 1 unspecified atom stereocenters. The molecule has 5 fully saturated rings. The molecule has 57 heavy (non-hydrogen) atoms. The number of rotatable bonds is 8. The van der Waals surface area contributed by atoms with Gasteiger partial charge in [-0.2, -0.15) is 0 Å². The third-order valence-electron chi connectivity index (χ3n) is 12.2. The molecule has 3 aliphatic heterocycles. The number of piperidine rings is 2. The van der Waals surface area contributed by atoms with Gasteiger partial charge in [0.25, 0.3) is 0 Å². The first-order chi connectivity index (χ1) is 27.4. The van der Waals surface area contributed by atoms with Gasteiger partial charge in [0.15, 0.2) is 0 Å². The Morgan fingerprint density at radius 1 is 0.772 bits per heavy atom. The van der Waals surface area contributed by atoms with E-state index in [2.05, 4.69) is 15.3 Å². The summed E-state index contributed by atoms with van der Waals surface area (Å²) in [5.74, 6) is 2.01. The summed E-state index contributed by atoms with van der Waals surface area (Å²) in [4.78, 5) is 59.8. The van der Waals surface area contributed by atoms with Crippen molar-refractivity contribution in [3.05, 3.63) is 70.5 Å². The Morgan fingerprint density at radius 2 is 1.25 bits per heavy atom. The largest absolute Gasteiger partial charge is 0.453 e. The van der Waals surface area contributed by atoms with Gasteiger partial charge in [-0.15, -0.1) is 0 Å². The SMILES string of the molecule is COC(=O)N[C@H](C(=O)N1[C@@H]2C[C@@H]2C[C@H]1c1nc(-c2ccc(-c3ccc(-c4nc([C@@H]5C[C@H]6CC6N5C(=O)OC(C)(C)C)[nH]c4Cl)cc3)cc2)c(Cl)[nH]1)C1CCOCC1. The van der Waals surface area contributed by atoms with Crippen molar-refractivity contribution in [2.24, 2.45) is 17.8 Å². The standard InChI is InChI=1S/C42H47Cl2N7O6/c1-42(2,3)57-41(54)51-29-18-27(29)20-31(51)38-46-33(36(44)49-38)24-11-7-22(8-12-24)21-5-9-23(10-6-21)32-35(43)48-37(45-32)30-19-26-17-28(26)50(30)39(52)34(47-40(53)55-4)25-13-15-56-16-14-25/h5-12,25-31,34H,13-20H2,1-4H3,(H,45,48)(H,46,49)(H,47,53)/t26-,27-,28-,29?,30+,31+,34+/m1/s1. The van der Waals surface area contributed by atoms with Crippen LogP contribution in [0.5, 0.6) is 0 Å². The van der Waals surface area contributed by atoms with Gasteiger partial charge in [0, 0.05) is 36.4 Å². The summed E-state index contributed by atoms with van der Waals surface area (Å²) in [6.07, 6.45) is 3.98. The Kier molecular flexibility index (Phi) is 9.76. The number of ether oxygens (including phenoxy) is 3. The molecule has 3 amide bonds. The number of hydrogen-bond donors (Lipinski definition) is 3. The Bertz CT molecular complexity index is 2180. The van der Waals surface area contributed by atoms with Crippen LogP contribution in [0.25, 0.3) is 33.6 Å². The van der Waals surface area contributed by atoms with Crippen molar-refractivity contribution in [2.75, 3.05) is 20.3 Å². The molecule has 2 aromatic heterocycles. The lowest BCUT2D eigenvalue weighted by Gasteiger charge is -2.35. The highest BCUT2D eigenvalue weighted by Crippen LogP contribution is 2.55. The Balaban J connectivity index is 0.895. The molecule has 2 aromatic carbocycles. The van der Waals surface area contributed by atoms with E-state index in [0.717, 1.165) is 47.9 Å². The van der Waals surface area contributed by atoms with Crippen LogP contribution in [0.3, 0.4) is 0 Å². The van der Waals surface area contributed by atoms with Crippen LogP contribution in [-0.2, 0) is 19.0 Å².